The lowest BCUT2D eigenvalue weighted by atomic mass is 10.1. The molecular formula is C22H19N3O2S. The van der Waals surface area contributed by atoms with Crippen LogP contribution in [-0.2, 0) is 6.42 Å². The fourth-order valence-electron chi connectivity index (χ4n) is 2.99. The molecule has 140 valence electrons. The van der Waals surface area contributed by atoms with Gasteiger partial charge in [0, 0.05) is 22.0 Å². The van der Waals surface area contributed by atoms with Crippen molar-refractivity contribution < 1.29 is 9.59 Å². The van der Waals surface area contributed by atoms with Gasteiger partial charge in [0.15, 0.2) is 0 Å². The second-order valence-corrected chi connectivity index (χ2v) is 7.46. The number of urea groups is 1. The Kier molecular flexibility index (Phi) is 5.30. The van der Waals surface area contributed by atoms with Gasteiger partial charge in [-0.1, -0.05) is 54.2 Å². The lowest BCUT2D eigenvalue weighted by molar-refractivity contribution is 0.102. The minimum atomic E-state index is -0.272. The fraction of sp³-hybridized carbons (Fsp3) is 0.0909. The Morgan fingerprint density at radius 2 is 1.71 bits per heavy atom. The molecule has 6 heteroatoms. The van der Waals surface area contributed by atoms with Crippen LogP contribution in [0, 0.1) is 0 Å². The molecule has 0 spiro atoms. The molecule has 4 rings (SSSR count). The van der Waals surface area contributed by atoms with Gasteiger partial charge in [0.1, 0.15) is 0 Å². The predicted octanol–water partition coefficient (Wildman–Crippen LogP) is 4.77. The third-order valence-corrected chi connectivity index (χ3v) is 5.53. The summed E-state index contributed by atoms with van der Waals surface area (Å²) in [6, 6.07) is 22.8. The van der Waals surface area contributed by atoms with Crippen LogP contribution in [0.15, 0.2) is 82.6 Å². The maximum Gasteiger partial charge on any atom is 0.319 e. The topological polar surface area (TPSA) is 70.2 Å². The number of amides is 3. The number of fused-ring (bicyclic) bond motifs is 2. The first-order valence-corrected chi connectivity index (χ1v) is 9.82. The summed E-state index contributed by atoms with van der Waals surface area (Å²) in [5.74, 6) is -0.147. The van der Waals surface area contributed by atoms with Gasteiger partial charge in [-0.25, -0.2) is 4.79 Å². The predicted molar refractivity (Wildman–Crippen MR) is 112 cm³/mol. The molecule has 0 aromatic heterocycles. The number of rotatable bonds is 4. The number of hydrogen-bond donors (Lipinski definition) is 3. The van der Waals surface area contributed by atoms with Crippen molar-refractivity contribution in [1.82, 2.24) is 5.32 Å². The van der Waals surface area contributed by atoms with Gasteiger partial charge in [-0.15, -0.1) is 0 Å². The number of carbonyl (C=O) groups is 2. The van der Waals surface area contributed by atoms with Crippen molar-refractivity contribution >= 4 is 35.1 Å². The van der Waals surface area contributed by atoms with Crippen molar-refractivity contribution in [1.29, 1.82) is 0 Å². The summed E-state index contributed by atoms with van der Waals surface area (Å²) in [4.78, 5) is 26.5. The van der Waals surface area contributed by atoms with E-state index in [1.54, 1.807) is 6.07 Å². The first kappa shape index (κ1) is 18.1. The summed E-state index contributed by atoms with van der Waals surface area (Å²) in [6.07, 6.45) is 0.767. The SMILES string of the molecule is O=C(NCCc1ccccc1)Nc1ccc2c(c1)NC(=O)c1ccccc1S2. The number of nitrogens with one attached hydrogen (secondary N) is 3. The first-order chi connectivity index (χ1) is 13.7. The van der Waals surface area contributed by atoms with Gasteiger partial charge in [0.05, 0.1) is 11.3 Å². The Morgan fingerprint density at radius 1 is 0.929 bits per heavy atom. The smallest absolute Gasteiger partial charge is 0.319 e. The van der Waals surface area contributed by atoms with Crippen molar-refractivity contribution in [3.63, 3.8) is 0 Å². The van der Waals surface area contributed by atoms with Crippen molar-refractivity contribution in [2.75, 3.05) is 17.2 Å². The number of benzene rings is 3. The summed E-state index contributed by atoms with van der Waals surface area (Å²) in [5.41, 5.74) is 3.14. The summed E-state index contributed by atoms with van der Waals surface area (Å²) < 4.78 is 0. The van der Waals surface area contributed by atoms with E-state index in [2.05, 4.69) is 16.0 Å². The standard InChI is InChI=1S/C22H19N3O2S/c26-21-17-8-4-5-9-19(17)28-20-11-10-16(14-18(20)25-21)24-22(27)23-13-12-15-6-2-1-3-7-15/h1-11,14H,12-13H2,(H,25,26)(H2,23,24,27). The van der Waals surface area contributed by atoms with Crippen LogP contribution in [0.5, 0.6) is 0 Å². The number of hydrogen-bond acceptors (Lipinski definition) is 3. The minimum Gasteiger partial charge on any atom is -0.338 e. The van der Waals surface area contributed by atoms with Crippen LogP contribution in [0.1, 0.15) is 15.9 Å². The van der Waals surface area contributed by atoms with Crippen LogP contribution in [0.2, 0.25) is 0 Å². The zero-order chi connectivity index (χ0) is 19.3. The molecule has 3 aromatic rings. The quantitative estimate of drug-likeness (QED) is 0.602. The molecule has 0 aliphatic carbocycles. The lowest BCUT2D eigenvalue weighted by Gasteiger charge is -2.11. The van der Waals surface area contributed by atoms with Crippen LogP contribution in [0.4, 0.5) is 16.2 Å². The number of anilines is 2. The zero-order valence-corrected chi connectivity index (χ0v) is 15.9. The Bertz CT molecular complexity index is 1020. The van der Waals surface area contributed by atoms with Crippen LogP contribution >= 0.6 is 11.8 Å². The average molecular weight is 389 g/mol. The molecule has 0 radical (unpaired) electrons. The van der Waals surface area contributed by atoms with Crippen molar-refractivity contribution in [3.05, 3.63) is 83.9 Å². The molecular weight excluding hydrogens is 370 g/mol. The van der Waals surface area contributed by atoms with Gasteiger partial charge in [-0.05, 0) is 42.3 Å². The van der Waals surface area contributed by atoms with E-state index in [1.165, 1.54) is 17.3 Å². The summed E-state index contributed by atoms with van der Waals surface area (Å²) in [6.45, 7) is 0.544. The maximum atomic E-state index is 12.5. The normalized spacial score (nSPS) is 12.2. The van der Waals surface area contributed by atoms with E-state index in [1.807, 2.05) is 66.7 Å². The Morgan fingerprint density at radius 3 is 2.57 bits per heavy atom. The molecule has 0 saturated carbocycles. The van der Waals surface area contributed by atoms with Crippen molar-refractivity contribution in [2.45, 2.75) is 16.2 Å². The van der Waals surface area contributed by atoms with E-state index in [9.17, 15) is 9.59 Å². The highest BCUT2D eigenvalue weighted by atomic mass is 32.2. The Labute approximate surface area is 167 Å². The first-order valence-electron chi connectivity index (χ1n) is 9.00. The fourth-order valence-corrected chi connectivity index (χ4v) is 4.00. The Hall–Kier alpha value is -3.25. The Balaban J connectivity index is 1.40. The molecule has 1 heterocycles. The monoisotopic (exact) mass is 389 g/mol. The van der Waals surface area contributed by atoms with E-state index in [-0.39, 0.29) is 11.9 Å². The summed E-state index contributed by atoms with van der Waals surface area (Å²) >= 11 is 1.53. The van der Waals surface area contributed by atoms with Gasteiger partial charge < -0.3 is 16.0 Å². The molecule has 5 nitrogen and oxygen atoms in total. The minimum absolute atomic E-state index is 0.147. The molecule has 0 fully saturated rings. The molecule has 1 aliphatic heterocycles. The van der Waals surface area contributed by atoms with Crippen molar-refractivity contribution in [3.8, 4) is 0 Å². The second kappa shape index (κ2) is 8.19. The summed E-state index contributed by atoms with van der Waals surface area (Å²) in [7, 11) is 0. The van der Waals surface area contributed by atoms with E-state index >= 15 is 0 Å². The molecule has 0 unspecified atom stereocenters. The molecule has 1 aliphatic rings. The van der Waals surface area contributed by atoms with Gasteiger partial charge in [0.2, 0.25) is 0 Å². The van der Waals surface area contributed by atoms with Gasteiger partial charge in [-0.3, -0.25) is 4.79 Å². The third kappa shape index (κ3) is 4.18. The van der Waals surface area contributed by atoms with E-state index in [4.69, 9.17) is 0 Å². The molecule has 0 atom stereocenters. The van der Waals surface area contributed by atoms with Gasteiger partial charge in [-0.2, -0.15) is 0 Å². The molecule has 3 amide bonds. The van der Waals surface area contributed by atoms with Crippen LogP contribution in [-0.4, -0.2) is 18.5 Å². The highest BCUT2D eigenvalue weighted by Gasteiger charge is 2.19. The maximum absolute atomic E-state index is 12.5. The van der Waals surface area contributed by atoms with E-state index in [0.29, 0.717) is 23.5 Å². The van der Waals surface area contributed by atoms with Gasteiger partial charge in [0.25, 0.3) is 5.91 Å². The molecule has 28 heavy (non-hydrogen) atoms. The summed E-state index contributed by atoms with van der Waals surface area (Å²) in [5, 5.41) is 8.60. The molecule has 3 N–H and O–H groups in total. The van der Waals surface area contributed by atoms with Crippen LogP contribution in [0.3, 0.4) is 0 Å². The third-order valence-electron chi connectivity index (χ3n) is 4.38. The average Bonchev–Trinajstić information content (AvgIpc) is 2.84. The molecule has 0 saturated heterocycles. The van der Waals surface area contributed by atoms with Crippen LogP contribution in [0.25, 0.3) is 0 Å². The molecule has 0 bridgehead atoms. The highest BCUT2D eigenvalue weighted by molar-refractivity contribution is 7.99. The van der Waals surface area contributed by atoms with E-state index < -0.39 is 0 Å². The lowest BCUT2D eigenvalue weighted by Crippen LogP contribution is -2.30. The van der Waals surface area contributed by atoms with E-state index in [0.717, 1.165) is 16.2 Å². The molecule has 3 aromatic carbocycles. The zero-order valence-electron chi connectivity index (χ0n) is 15.1. The highest BCUT2D eigenvalue weighted by Crippen LogP contribution is 2.39. The van der Waals surface area contributed by atoms with Crippen LogP contribution < -0.4 is 16.0 Å². The van der Waals surface area contributed by atoms with Gasteiger partial charge >= 0.3 is 6.03 Å². The largest absolute Gasteiger partial charge is 0.338 e. The second-order valence-electron chi connectivity index (χ2n) is 6.38. The number of carbonyl (C=O) groups excluding carboxylic acids is 2. The van der Waals surface area contributed by atoms with Crippen molar-refractivity contribution in [2.24, 2.45) is 0 Å².